The Hall–Kier alpha value is -1.68. The van der Waals surface area contributed by atoms with Gasteiger partial charge in [-0.15, -0.1) is 0 Å². The molecule has 1 atom stereocenters. The molecule has 0 saturated carbocycles. The summed E-state index contributed by atoms with van der Waals surface area (Å²) in [5.74, 6) is 0.724. The number of hydrogen-bond acceptors (Lipinski definition) is 3. The maximum Gasteiger partial charge on any atom is 0.0828 e. The molecule has 0 spiro atoms. The Bertz CT molecular complexity index is 707. The van der Waals surface area contributed by atoms with Crippen LogP contribution in [0.2, 0.25) is 0 Å². The third kappa shape index (κ3) is 5.44. The topological polar surface area (TPSA) is 15.7 Å². The highest BCUT2D eigenvalue weighted by atomic mass is 16.5. The highest BCUT2D eigenvalue weighted by molar-refractivity contribution is 5.25. The van der Waals surface area contributed by atoms with Gasteiger partial charge >= 0.3 is 0 Å². The van der Waals surface area contributed by atoms with E-state index < -0.39 is 0 Å². The van der Waals surface area contributed by atoms with Crippen LogP contribution >= 0.6 is 0 Å². The van der Waals surface area contributed by atoms with Crippen molar-refractivity contribution in [3.8, 4) is 0 Å². The van der Waals surface area contributed by atoms with Crippen molar-refractivity contribution in [2.45, 2.75) is 44.8 Å². The van der Waals surface area contributed by atoms with Crippen molar-refractivity contribution >= 4 is 0 Å². The van der Waals surface area contributed by atoms with E-state index in [1.54, 1.807) is 0 Å². The van der Waals surface area contributed by atoms with Crippen LogP contribution in [0.1, 0.15) is 41.9 Å². The summed E-state index contributed by atoms with van der Waals surface area (Å²) in [5.41, 5.74) is 4.28. The lowest BCUT2D eigenvalue weighted by molar-refractivity contribution is 0.0203. The molecule has 0 amide bonds. The highest BCUT2D eigenvalue weighted by Gasteiger charge is 2.25. The van der Waals surface area contributed by atoms with Crippen LogP contribution in [-0.4, -0.2) is 55.2 Å². The molecule has 0 bridgehead atoms. The minimum Gasteiger partial charge on any atom is -0.376 e. The maximum absolute atomic E-state index is 6.21. The molecule has 0 radical (unpaired) electrons. The number of likely N-dealkylation sites (tertiary alicyclic amines) is 1. The normalized spacial score (nSPS) is 22.8. The molecule has 2 fully saturated rings. The van der Waals surface area contributed by atoms with Crippen molar-refractivity contribution in [3.05, 3.63) is 71.3 Å². The SMILES string of the molecule is Cc1ccc(C2CCN(CC3CN(Cc4ccccc4)CCCO3)CC2)cc1. The second-order valence-corrected chi connectivity index (χ2v) is 8.55. The monoisotopic (exact) mass is 378 g/mol. The van der Waals surface area contributed by atoms with Crippen LogP contribution in [0.5, 0.6) is 0 Å². The molecule has 2 saturated heterocycles. The van der Waals surface area contributed by atoms with Crippen molar-refractivity contribution in [3.63, 3.8) is 0 Å². The molecule has 2 aliphatic rings. The van der Waals surface area contributed by atoms with E-state index in [9.17, 15) is 0 Å². The van der Waals surface area contributed by atoms with Crippen LogP contribution < -0.4 is 0 Å². The van der Waals surface area contributed by atoms with Crippen LogP contribution in [0.15, 0.2) is 54.6 Å². The zero-order valence-corrected chi connectivity index (χ0v) is 17.2. The van der Waals surface area contributed by atoms with Gasteiger partial charge in [0.1, 0.15) is 0 Å². The predicted molar refractivity (Wildman–Crippen MR) is 116 cm³/mol. The second-order valence-electron chi connectivity index (χ2n) is 8.55. The molecule has 2 aromatic rings. The smallest absolute Gasteiger partial charge is 0.0828 e. The molecule has 1 unspecified atom stereocenters. The first-order chi connectivity index (χ1) is 13.8. The number of rotatable bonds is 5. The molecule has 28 heavy (non-hydrogen) atoms. The molecule has 2 aromatic carbocycles. The molecule has 3 heteroatoms. The van der Waals surface area contributed by atoms with Crippen molar-refractivity contribution in [1.29, 1.82) is 0 Å². The summed E-state index contributed by atoms with van der Waals surface area (Å²) in [4.78, 5) is 5.20. The van der Waals surface area contributed by atoms with Crippen molar-refractivity contribution in [2.24, 2.45) is 0 Å². The molecule has 2 heterocycles. The third-order valence-electron chi connectivity index (χ3n) is 6.28. The van der Waals surface area contributed by atoms with E-state index in [0.29, 0.717) is 6.10 Å². The first-order valence-electron chi connectivity index (χ1n) is 10.9. The molecule has 2 aliphatic heterocycles. The Labute approximate surface area is 170 Å². The molecular weight excluding hydrogens is 344 g/mol. The van der Waals surface area contributed by atoms with E-state index in [4.69, 9.17) is 4.74 Å². The van der Waals surface area contributed by atoms with Gasteiger partial charge in [-0.2, -0.15) is 0 Å². The standard InChI is InChI=1S/C25H34N2O/c1-21-8-10-23(11-9-21)24-12-15-26(16-13-24)19-25-20-27(14-5-17-28-25)18-22-6-3-2-4-7-22/h2-4,6-11,24-25H,5,12-20H2,1H3. The van der Waals surface area contributed by atoms with Gasteiger partial charge < -0.3 is 9.64 Å². The average molecular weight is 379 g/mol. The van der Waals surface area contributed by atoms with Crippen LogP contribution in [0.25, 0.3) is 0 Å². The van der Waals surface area contributed by atoms with Gasteiger partial charge in [0.2, 0.25) is 0 Å². The number of piperidine rings is 1. The van der Waals surface area contributed by atoms with Gasteiger partial charge in [-0.05, 0) is 56.3 Å². The predicted octanol–water partition coefficient (Wildman–Crippen LogP) is 4.47. The molecule has 0 aromatic heterocycles. The second kappa shape index (κ2) is 9.69. The summed E-state index contributed by atoms with van der Waals surface area (Å²) in [6, 6.07) is 20.0. The van der Waals surface area contributed by atoms with Crippen LogP contribution in [0.3, 0.4) is 0 Å². The van der Waals surface area contributed by atoms with E-state index in [0.717, 1.165) is 45.1 Å². The summed E-state index contributed by atoms with van der Waals surface area (Å²) in [5, 5.41) is 0. The zero-order chi connectivity index (χ0) is 19.2. The summed E-state index contributed by atoms with van der Waals surface area (Å²) < 4.78 is 6.21. The Morgan fingerprint density at radius 2 is 1.64 bits per heavy atom. The minimum absolute atomic E-state index is 0.335. The lowest BCUT2D eigenvalue weighted by Gasteiger charge is -2.35. The Morgan fingerprint density at radius 3 is 2.39 bits per heavy atom. The van der Waals surface area contributed by atoms with Gasteiger partial charge in [0.15, 0.2) is 0 Å². The fourth-order valence-corrected chi connectivity index (χ4v) is 4.64. The Morgan fingerprint density at radius 1 is 0.893 bits per heavy atom. The Kier molecular flexibility index (Phi) is 6.79. The summed E-state index contributed by atoms with van der Waals surface area (Å²) in [6.45, 7) is 9.75. The number of hydrogen-bond donors (Lipinski definition) is 0. The summed E-state index contributed by atoms with van der Waals surface area (Å²) in [7, 11) is 0. The maximum atomic E-state index is 6.21. The first-order valence-corrected chi connectivity index (χ1v) is 10.9. The van der Waals surface area contributed by atoms with E-state index in [1.807, 2.05) is 0 Å². The number of aryl methyl sites for hydroxylation is 1. The van der Waals surface area contributed by atoms with E-state index in [-0.39, 0.29) is 0 Å². The summed E-state index contributed by atoms with van der Waals surface area (Å²) >= 11 is 0. The lowest BCUT2D eigenvalue weighted by atomic mass is 9.89. The summed E-state index contributed by atoms with van der Waals surface area (Å²) in [6.07, 6.45) is 4.01. The number of nitrogens with zero attached hydrogens (tertiary/aromatic N) is 2. The van der Waals surface area contributed by atoms with Gasteiger partial charge in [0, 0.05) is 32.8 Å². The third-order valence-corrected chi connectivity index (χ3v) is 6.28. The van der Waals surface area contributed by atoms with Crippen LogP contribution in [0.4, 0.5) is 0 Å². The minimum atomic E-state index is 0.335. The van der Waals surface area contributed by atoms with Crippen molar-refractivity contribution < 1.29 is 4.74 Å². The van der Waals surface area contributed by atoms with E-state index in [2.05, 4.69) is 71.3 Å². The van der Waals surface area contributed by atoms with Gasteiger partial charge in [0.05, 0.1) is 6.10 Å². The zero-order valence-electron chi connectivity index (χ0n) is 17.2. The first kappa shape index (κ1) is 19.6. The van der Waals surface area contributed by atoms with Gasteiger partial charge in [-0.1, -0.05) is 60.2 Å². The highest BCUT2D eigenvalue weighted by Crippen LogP contribution is 2.28. The lowest BCUT2D eigenvalue weighted by Crippen LogP contribution is -2.43. The quantitative estimate of drug-likeness (QED) is 0.764. The number of benzene rings is 2. The van der Waals surface area contributed by atoms with Crippen LogP contribution in [0, 0.1) is 6.92 Å². The van der Waals surface area contributed by atoms with E-state index in [1.165, 1.54) is 42.6 Å². The molecule has 0 N–H and O–H groups in total. The van der Waals surface area contributed by atoms with Crippen molar-refractivity contribution in [1.82, 2.24) is 9.80 Å². The fourth-order valence-electron chi connectivity index (χ4n) is 4.64. The largest absolute Gasteiger partial charge is 0.376 e. The van der Waals surface area contributed by atoms with Gasteiger partial charge in [-0.25, -0.2) is 0 Å². The molecular formula is C25H34N2O. The van der Waals surface area contributed by atoms with Crippen LogP contribution in [-0.2, 0) is 11.3 Å². The van der Waals surface area contributed by atoms with Crippen molar-refractivity contribution in [2.75, 3.05) is 39.3 Å². The molecule has 0 aliphatic carbocycles. The fraction of sp³-hybridized carbons (Fsp3) is 0.520. The van der Waals surface area contributed by atoms with Gasteiger partial charge in [-0.3, -0.25) is 4.90 Å². The van der Waals surface area contributed by atoms with E-state index >= 15 is 0 Å². The Balaban J connectivity index is 1.27. The molecule has 3 nitrogen and oxygen atoms in total. The van der Waals surface area contributed by atoms with Gasteiger partial charge in [0.25, 0.3) is 0 Å². The number of ether oxygens (including phenoxy) is 1. The average Bonchev–Trinajstić information content (AvgIpc) is 2.95. The molecule has 4 rings (SSSR count). The molecule has 150 valence electrons.